The summed E-state index contributed by atoms with van der Waals surface area (Å²) in [5.74, 6) is 0.402. The highest BCUT2D eigenvalue weighted by atomic mass is 35.5. The van der Waals surface area contributed by atoms with Gasteiger partial charge in [0.2, 0.25) is 5.91 Å². The van der Waals surface area contributed by atoms with Crippen molar-refractivity contribution >= 4 is 40.6 Å². The smallest absolute Gasteiger partial charge is 0.246 e. The van der Waals surface area contributed by atoms with E-state index in [2.05, 4.69) is 10.6 Å². The molecule has 0 saturated carbocycles. The maximum atomic E-state index is 12.4. The summed E-state index contributed by atoms with van der Waals surface area (Å²) >= 11 is 7.63. The molecule has 0 aliphatic carbocycles. The van der Waals surface area contributed by atoms with Crippen LogP contribution in [-0.2, 0) is 4.79 Å². The average molecular weight is 351 g/mol. The molecule has 1 amide bonds. The highest BCUT2D eigenvalue weighted by Gasteiger charge is 2.15. The number of halogens is 1. The third kappa shape index (κ3) is 4.81. The molecule has 2 rings (SSSR count). The summed E-state index contributed by atoms with van der Waals surface area (Å²) < 4.78 is 5.23. The van der Waals surface area contributed by atoms with E-state index in [4.69, 9.17) is 16.3 Å². The predicted octanol–water partition coefficient (Wildman–Crippen LogP) is 4.51. The van der Waals surface area contributed by atoms with Crippen LogP contribution in [0.4, 0.5) is 11.4 Å². The summed E-state index contributed by atoms with van der Waals surface area (Å²) in [7, 11) is 1.55. The normalized spacial score (nSPS) is 11.7. The number of hydrogen-bond donors (Lipinski definition) is 2. The van der Waals surface area contributed by atoms with Crippen molar-refractivity contribution in [2.45, 2.75) is 17.9 Å². The van der Waals surface area contributed by atoms with E-state index in [0.717, 1.165) is 10.6 Å². The molecular weight excluding hydrogens is 332 g/mol. The number of anilines is 2. The molecule has 0 aliphatic rings. The monoisotopic (exact) mass is 350 g/mol. The number of methoxy groups -OCH3 is 1. The van der Waals surface area contributed by atoms with Crippen molar-refractivity contribution in [1.82, 2.24) is 0 Å². The largest absolute Gasteiger partial charge is 0.495 e. The lowest BCUT2D eigenvalue weighted by molar-refractivity contribution is -0.116. The number of carbonyl (C=O) groups excluding carboxylic acids is 1. The molecule has 23 heavy (non-hydrogen) atoms. The molecule has 0 aliphatic heterocycles. The number of carbonyl (C=O) groups is 1. The van der Waals surface area contributed by atoms with Crippen LogP contribution < -0.4 is 15.4 Å². The molecule has 0 bridgehead atoms. The lowest BCUT2D eigenvalue weighted by Gasteiger charge is -2.17. The maximum Gasteiger partial charge on any atom is 0.246 e. The van der Waals surface area contributed by atoms with Gasteiger partial charge in [-0.15, -0.1) is 11.8 Å². The van der Waals surface area contributed by atoms with Gasteiger partial charge in [0.1, 0.15) is 11.8 Å². The van der Waals surface area contributed by atoms with Crippen molar-refractivity contribution in [2.75, 3.05) is 24.0 Å². The second-order valence-electron chi connectivity index (χ2n) is 4.93. The number of amides is 1. The van der Waals surface area contributed by atoms with E-state index < -0.39 is 6.04 Å². The molecule has 1 atom stereocenters. The van der Waals surface area contributed by atoms with Crippen molar-refractivity contribution < 1.29 is 9.53 Å². The van der Waals surface area contributed by atoms with E-state index in [-0.39, 0.29) is 5.91 Å². The van der Waals surface area contributed by atoms with Crippen LogP contribution >= 0.6 is 23.4 Å². The van der Waals surface area contributed by atoms with Crippen LogP contribution in [0.25, 0.3) is 0 Å². The predicted molar refractivity (Wildman–Crippen MR) is 97.9 cm³/mol. The molecule has 0 heterocycles. The minimum absolute atomic E-state index is 0.167. The summed E-state index contributed by atoms with van der Waals surface area (Å²) in [5, 5.41) is 6.56. The fourth-order valence-corrected chi connectivity index (χ4v) is 2.68. The number of nitrogens with one attached hydrogen (secondary N) is 2. The highest BCUT2D eigenvalue weighted by Crippen LogP contribution is 2.28. The molecule has 1 unspecified atom stereocenters. The first-order valence-electron chi connectivity index (χ1n) is 7.08. The van der Waals surface area contributed by atoms with E-state index in [1.54, 1.807) is 44.0 Å². The Hall–Kier alpha value is -1.85. The molecule has 2 N–H and O–H groups in total. The Kier molecular flexibility index (Phi) is 6.19. The molecule has 0 radical (unpaired) electrons. The van der Waals surface area contributed by atoms with Gasteiger partial charge in [0.25, 0.3) is 0 Å². The van der Waals surface area contributed by atoms with E-state index in [1.807, 2.05) is 30.5 Å². The van der Waals surface area contributed by atoms with E-state index >= 15 is 0 Å². The molecule has 6 heteroatoms. The summed E-state index contributed by atoms with van der Waals surface area (Å²) in [6, 6.07) is 12.6. The van der Waals surface area contributed by atoms with Gasteiger partial charge in [-0.05, 0) is 49.6 Å². The fourth-order valence-electron chi connectivity index (χ4n) is 2.05. The lowest BCUT2D eigenvalue weighted by Crippen LogP contribution is -2.32. The summed E-state index contributed by atoms with van der Waals surface area (Å²) in [5.41, 5.74) is 1.45. The Balaban J connectivity index is 2.06. The van der Waals surface area contributed by atoms with Gasteiger partial charge < -0.3 is 15.4 Å². The molecule has 2 aromatic rings. The summed E-state index contributed by atoms with van der Waals surface area (Å²) in [4.78, 5) is 13.5. The Morgan fingerprint density at radius 3 is 2.74 bits per heavy atom. The SMILES string of the molecule is COc1ccc(Cl)cc1NC(=O)C(C)Nc1cccc(SC)c1. The standard InChI is InChI=1S/C17H19ClN2O2S/c1-11(19-13-5-4-6-14(10-13)23-3)17(21)20-15-9-12(18)7-8-16(15)22-2/h4-11,19H,1-3H3,(H,20,21). The first-order chi connectivity index (χ1) is 11.0. The van der Waals surface area contributed by atoms with E-state index in [1.165, 1.54) is 0 Å². The molecule has 0 saturated heterocycles. The van der Waals surface area contributed by atoms with Gasteiger partial charge in [-0.2, -0.15) is 0 Å². The zero-order valence-corrected chi connectivity index (χ0v) is 14.8. The maximum absolute atomic E-state index is 12.4. The Bertz CT molecular complexity index is 694. The van der Waals surface area contributed by atoms with Crippen LogP contribution in [0.2, 0.25) is 5.02 Å². The Labute approximate surface area is 145 Å². The van der Waals surface area contributed by atoms with E-state index in [9.17, 15) is 4.79 Å². The van der Waals surface area contributed by atoms with Crippen molar-refractivity contribution in [1.29, 1.82) is 0 Å². The quantitative estimate of drug-likeness (QED) is 0.752. The summed E-state index contributed by atoms with van der Waals surface area (Å²) in [6.07, 6.45) is 2.01. The first kappa shape index (κ1) is 17.5. The highest BCUT2D eigenvalue weighted by molar-refractivity contribution is 7.98. The van der Waals surface area contributed by atoms with Gasteiger partial charge in [-0.3, -0.25) is 4.79 Å². The van der Waals surface area contributed by atoms with Crippen LogP contribution in [0.15, 0.2) is 47.4 Å². The molecule has 2 aromatic carbocycles. The van der Waals surface area contributed by atoms with Gasteiger partial charge in [-0.25, -0.2) is 0 Å². The second-order valence-corrected chi connectivity index (χ2v) is 6.25. The first-order valence-corrected chi connectivity index (χ1v) is 8.68. The number of rotatable bonds is 6. The molecule has 122 valence electrons. The zero-order chi connectivity index (χ0) is 16.8. The van der Waals surface area contributed by atoms with Gasteiger partial charge in [0.15, 0.2) is 0 Å². The molecule has 0 fully saturated rings. The van der Waals surface area contributed by atoms with Crippen LogP contribution in [0, 0.1) is 0 Å². The van der Waals surface area contributed by atoms with Crippen LogP contribution in [0.3, 0.4) is 0 Å². The van der Waals surface area contributed by atoms with Crippen molar-refractivity contribution in [2.24, 2.45) is 0 Å². The fraction of sp³-hybridized carbons (Fsp3) is 0.235. The number of benzene rings is 2. The van der Waals surface area contributed by atoms with Crippen LogP contribution in [0.5, 0.6) is 5.75 Å². The zero-order valence-electron chi connectivity index (χ0n) is 13.2. The third-order valence-corrected chi connectivity index (χ3v) is 4.23. The van der Waals surface area contributed by atoms with Crippen molar-refractivity contribution in [3.63, 3.8) is 0 Å². The molecule has 0 aromatic heterocycles. The minimum Gasteiger partial charge on any atom is -0.495 e. The number of hydrogen-bond acceptors (Lipinski definition) is 4. The molecule has 0 spiro atoms. The second kappa shape index (κ2) is 8.13. The number of ether oxygens (including phenoxy) is 1. The lowest BCUT2D eigenvalue weighted by atomic mass is 10.2. The third-order valence-electron chi connectivity index (χ3n) is 3.27. The minimum atomic E-state index is -0.407. The number of thioether (sulfide) groups is 1. The van der Waals surface area contributed by atoms with Gasteiger partial charge in [-0.1, -0.05) is 17.7 Å². The van der Waals surface area contributed by atoms with Crippen molar-refractivity contribution in [3.8, 4) is 5.75 Å². The molecular formula is C17H19ClN2O2S. The van der Waals surface area contributed by atoms with Crippen LogP contribution in [0.1, 0.15) is 6.92 Å². The molecule has 4 nitrogen and oxygen atoms in total. The van der Waals surface area contributed by atoms with Crippen molar-refractivity contribution in [3.05, 3.63) is 47.5 Å². The summed E-state index contributed by atoms with van der Waals surface area (Å²) in [6.45, 7) is 1.80. The topological polar surface area (TPSA) is 50.4 Å². The van der Waals surface area contributed by atoms with Crippen LogP contribution in [-0.4, -0.2) is 25.3 Å². The van der Waals surface area contributed by atoms with Gasteiger partial charge >= 0.3 is 0 Å². The van der Waals surface area contributed by atoms with E-state index in [0.29, 0.717) is 16.5 Å². The Morgan fingerprint density at radius 1 is 1.26 bits per heavy atom. The van der Waals surface area contributed by atoms with Gasteiger partial charge in [0.05, 0.1) is 12.8 Å². The average Bonchev–Trinajstić information content (AvgIpc) is 2.55. The van der Waals surface area contributed by atoms with Gasteiger partial charge in [0, 0.05) is 15.6 Å². The Morgan fingerprint density at radius 2 is 2.04 bits per heavy atom.